The summed E-state index contributed by atoms with van der Waals surface area (Å²) in [6.45, 7) is 2.81. The molecule has 27 heavy (non-hydrogen) atoms. The van der Waals surface area contributed by atoms with Gasteiger partial charge in [-0.05, 0) is 31.4 Å². The molecule has 1 aromatic heterocycles. The molecule has 0 bridgehead atoms. The van der Waals surface area contributed by atoms with Crippen molar-refractivity contribution in [3.05, 3.63) is 47.3 Å². The van der Waals surface area contributed by atoms with Gasteiger partial charge in [0.05, 0.1) is 17.9 Å². The molecule has 8 heteroatoms. The van der Waals surface area contributed by atoms with Crippen molar-refractivity contribution >= 4 is 17.7 Å². The van der Waals surface area contributed by atoms with Crippen LogP contribution < -0.4 is 10.2 Å². The van der Waals surface area contributed by atoms with Crippen molar-refractivity contribution in [3.63, 3.8) is 0 Å². The van der Waals surface area contributed by atoms with Gasteiger partial charge in [0.2, 0.25) is 5.95 Å². The maximum Gasteiger partial charge on any atom is 0.322 e. The highest BCUT2D eigenvalue weighted by Crippen LogP contribution is 2.22. The number of fused-ring (bicyclic) bond motifs is 1. The molecular weight excluding hydrogens is 352 g/mol. The van der Waals surface area contributed by atoms with Crippen molar-refractivity contribution in [3.8, 4) is 0 Å². The third kappa shape index (κ3) is 3.84. The fraction of sp³-hybridized carbons (Fsp3) is 0.421. The summed E-state index contributed by atoms with van der Waals surface area (Å²) < 4.78 is 26.7. The number of benzene rings is 1. The van der Waals surface area contributed by atoms with E-state index in [-0.39, 0.29) is 5.69 Å². The Labute approximate surface area is 156 Å². The van der Waals surface area contributed by atoms with Crippen LogP contribution in [0, 0.1) is 11.6 Å². The number of rotatable bonds is 2. The zero-order chi connectivity index (χ0) is 18.8. The molecule has 0 unspecified atom stereocenters. The van der Waals surface area contributed by atoms with Gasteiger partial charge in [-0.1, -0.05) is 0 Å². The molecule has 0 spiro atoms. The Morgan fingerprint density at radius 2 is 1.93 bits per heavy atom. The summed E-state index contributed by atoms with van der Waals surface area (Å²) in [6, 6.07) is 2.65. The summed E-state index contributed by atoms with van der Waals surface area (Å²) in [4.78, 5) is 25.4. The van der Waals surface area contributed by atoms with Gasteiger partial charge in [-0.25, -0.2) is 23.5 Å². The Hall–Kier alpha value is -2.77. The average Bonchev–Trinajstić information content (AvgIpc) is 2.70. The van der Waals surface area contributed by atoms with Crippen LogP contribution in [-0.4, -0.2) is 40.5 Å². The predicted molar refractivity (Wildman–Crippen MR) is 97.6 cm³/mol. The monoisotopic (exact) mass is 373 g/mol. The van der Waals surface area contributed by atoms with Crippen molar-refractivity contribution in [2.45, 2.75) is 32.2 Å². The highest BCUT2D eigenvalue weighted by molar-refractivity contribution is 5.89. The van der Waals surface area contributed by atoms with E-state index in [0.717, 1.165) is 55.3 Å². The molecule has 0 aliphatic carbocycles. The number of carbonyl (C=O) groups excluding carboxylic acids is 1. The first kappa shape index (κ1) is 17.6. The molecule has 1 N–H and O–H groups in total. The van der Waals surface area contributed by atoms with E-state index in [1.165, 1.54) is 12.5 Å². The number of nitrogens with one attached hydrogen (secondary N) is 1. The number of anilines is 2. The first-order valence-electron chi connectivity index (χ1n) is 9.21. The molecule has 0 radical (unpaired) electrons. The van der Waals surface area contributed by atoms with Crippen molar-refractivity contribution < 1.29 is 13.6 Å². The lowest BCUT2D eigenvalue weighted by Gasteiger charge is -2.30. The molecule has 2 amide bonds. The molecule has 2 aromatic rings. The van der Waals surface area contributed by atoms with Crippen LogP contribution in [0.15, 0.2) is 24.4 Å². The zero-order valence-electron chi connectivity index (χ0n) is 14.9. The SMILES string of the molecule is O=C(Nc1ccc(F)cc1F)N1CCc2nc(N3CCCCC3)ncc2C1. The summed E-state index contributed by atoms with van der Waals surface area (Å²) in [6.07, 6.45) is 5.98. The average molecular weight is 373 g/mol. The van der Waals surface area contributed by atoms with Gasteiger partial charge < -0.3 is 15.1 Å². The van der Waals surface area contributed by atoms with E-state index in [2.05, 4.69) is 15.2 Å². The third-order valence-electron chi connectivity index (χ3n) is 5.02. The number of nitrogens with zero attached hydrogens (tertiary/aromatic N) is 4. The van der Waals surface area contributed by atoms with Crippen LogP contribution in [0.3, 0.4) is 0 Å². The fourth-order valence-corrected chi connectivity index (χ4v) is 3.51. The maximum absolute atomic E-state index is 13.7. The largest absolute Gasteiger partial charge is 0.341 e. The number of amides is 2. The Kier molecular flexibility index (Phi) is 4.87. The van der Waals surface area contributed by atoms with Gasteiger partial charge in [-0.15, -0.1) is 0 Å². The molecule has 4 rings (SSSR count). The number of halogens is 2. The van der Waals surface area contributed by atoms with Crippen LogP contribution in [-0.2, 0) is 13.0 Å². The van der Waals surface area contributed by atoms with Crippen molar-refractivity contribution in [1.29, 1.82) is 0 Å². The number of hydrogen-bond donors (Lipinski definition) is 1. The summed E-state index contributed by atoms with van der Waals surface area (Å²) >= 11 is 0. The zero-order valence-corrected chi connectivity index (χ0v) is 14.9. The topological polar surface area (TPSA) is 61.4 Å². The molecule has 0 saturated carbocycles. The van der Waals surface area contributed by atoms with Crippen LogP contribution in [0.1, 0.15) is 30.5 Å². The summed E-state index contributed by atoms with van der Waals surface area (Å²) in [5, 5.41) is 2.50. The lowest BCUT2D eigenvalue weighted by atomic mass is 10.1. The molecule has 142 valence electrons. The molecule has 2 aliphatic rings. The van der Waals surface area contributed by atoms with Gasteiger partial charge in [0.1, 0.15) is 11.6 Å². The van der Waals surface area contributed by atoms with E-state index >= 15 is 0 Å². The van der Waals surface area contributed by atoms with Crippen LogP contribution in [0.5, 0.6) is 0 Å². The highest BCUT2D eigenvalue weighted by atomic mass is 19.1. The van der Waals surface area contributed by atoms with E-state index < -0.39 is 17.7 Å². The number of carbonyl (C=O) groups is 1. The number of piperidine rings is 1. The minimum atomic E-state index is -0.796. The standard InChI is InChI=1S/C19H21F2N5O/c20-14-4-5-17(15(21)10-14)24-19(27)26-9-6-16-13(12-26)11-22-18(23-16)25-7-2-1-3-8-25/h4-5,10-11H,1-3,6-9,12H2,(H,24,27). The lowest BCUT2D eigenvalue weighted by Crippen LogP contribution is -2.40. The molecule has 1 aromatic carbocycles. The first-order valence-corrected chi connectivity index (χ1v) is 9.21. The third-order valence-corrected chi connectivity index (χ3v) is 5.02. The first-order chi connectivity index (χ1) is 13.1. The predicted octanol–water partition coefficient (Wildman–Crippen LogP) is 3.34. The van der Waals surface area contributed by atoms with Crippen LogP contribution >= 0.6 is 0 Å². The summed E-state index contributed by atoms with van der Waals surface area (Å²) in [7, 11) is 0. The van der Waals surface area contributed by atoms with Gasteiger partial charge in [0.15, 0.2) is 0 Å². The van der Waals surface area contributed by atoms with E-state index in [0.29, 0.717) is 19.5 Å². The van der Waals surface area contributed by atoms with E-state index in [9.17, 15) is 13.6 Å². The molecule has 0 atom stereocenters. The van der Waals surface area contributed by atoms with Crippen LogP contribution in [0.2, 0.25) is 0 Å². The van der Waals surface area contributed by atoms with E-state index in [1.807, 2.05) is 0 Å². The smallest absolute Gasteiger partial charge is 0.322 e. The number of hydrogen-bond acceptors (Lipinski definition) is 4. The molecule has 6 nitrogen and oxygen atoms in total. The van der Waals surface area contributed by atoms with Crippen molar-refractivity contribution in [2.75, 3.05) is 29.9 Å². The summed E-state index contributed by atoms with van der Waals surface area (Å²) in [5.41, 5.74) is 1.82. The summed E-state index contributed by atoms with van der Waals surface area (Å²) in [5.74, 6) is -0.714. The van der Waals surface area contributed by atoms with Gasteiger partial charge in [-0.3, -0.25) is 0 Å². The molecule has 1 saturated heterocycles. The molecule has 1 fully saturated rings. The van der Waals surface area contributed by atoms with Crippen molar-refractivity contribution in [2.24, 2.45) is 0 Å². The minimum Gasteiger partial charge on any atom is -0.341 e. The second-order valence-electron chi connectivity index (χ2n) is 6.92. The van der Waals surface area contributed by atoms with Gasteiger partial charge in [0, 0.05) is 43.9 Å². The van der Waals surface area contributed by atoms with Crippen molar-refractivity contribution in [1.82, 2.24) is 14.9 Å². The van der Waals surface area contributed by atoms with E-state index in [4.69, 9.17) is 4.98 Å². The Morgan fingerprint density at radius 1 is 1.11 bits per heavy atom. The Morgan fingerprint density at radius 3 is 2.70 bits per heavy atom. The normalized spacial score (nSPS) is 16.8. The maximum atomic E-state index is 13.7. The minimum absolute atomic E-state index is 0.0381. The van der Waals surface area contributed by atoms with Crippen LogP contribution in [0.4, 0.5) is 25.2 Å². The van der Waals surface area contributed by atoms with E-state index in [1.54, 1.807) is 11.1 Å². The van der Waals surface area contributed by atoms with Gasteiger partial charge in [-0.2, -0.15) is 0 Å². The number of aromatic nitrogens is 2. The van der Waals surface area contributed by atoms with Crippen LogP contribution in [0.25, 0.3) is 0 Å². The lowest BCUT2D eigenvalue weighted by molar-refractivity contribution is 0.205. The molecule has 2 aliphatic heterocycles. The van der Waals surface area contributed by atoms with Gasteiger partial charge in [0.25, 0.3) is 0 Å². The Balaban J connectivity index is 1.44. The highest BCUT2D eigenvalue weighted by Gasteiger charge is 2.24. The van der Waals surface area contributed by atoms with Gasteiger partial charge >= 0.3 is 6.03 Å². The molecular formula is C19H21F2N5O. The second-order valence-corrected chi connectivity index (χ2v) is 6.92. The number of urea groups is 1. The fourth-order valence-electron chi connectivity index (χ4n) is 3.51. The molecule has 3 heterocycles. The quantitative estimate of drug-likeness (QED) is 0.877. The Bertz CT molecular complexity index is 854. The second kappa shape index (κ2) is 7.46.